The Bertz CT molecular complexity index is 727. The van der Waals surface area contributed by atoms with Gasteiger partial charge in [0.05, 0.1) is 0 Å². The summed E-state index contributed by atoms with van der Waals surface area (Å²) in [5.41, 5.74) is 1.67. The van der Waals surface area contributed by atoms with E-state index in [4.69, 9.17) is 12.6 Å². The zero-order valence-electron chi connectivity index (χ0n) is 13.9. The molecule has 24 heavy (non-hydrogen) atoms. The predicted octanol–water partition coefficient (Wildman–Crippen LogP) is 3.19. The molecule has 0 aliphatic heterocycles. The Labute approximate surface area is 156 Å². The van der Waals surface area contributed by atoms with Crippen LogP contribution >= 0.6 is 15.9 Å². The van der Waals surface area contributed by atoms with Crippen molar-refractivity contribution in [2.24, 2.45) is 4.99 Å². The average molecular weight is 406 g/mol. The van der Waals surface area contributed by atoms with Gasteiger partial charge in [0.2, 0.25) is 11.8 Å². The van der Waals surface area contributed by atoms with Crippen molar-refractivity contribution < 1.29 is 9.36 Å². The fourth-order valence-corrected chi connectivity index (χ4v) is 2.91. The summed E-state index contributed by atoms with van der Waals surface area (Å²) < 4.78 is 2.75. The van der Waals surface area contributed by atoms with Gasteiger partial charge in [-0.1, -0.05) is 28.1 Å². The summed E-state index contributed by atoms with van der Waals surface area (Å²) in [6.07, 6.45) is 3.74. The lowest BCUT2D eigenvalue weighted by Crippen LogP contribution is -2.47. The molecule has 0 bridgehead atoms. The minimum Gasteiger partial charge on any atom is -0.758 e. The molecule has 6 heteroatoms. The van der Waals surface area contributed by atoms with Gasteiger partial charge in [-0.05, 0) is 24.1 Å². The summed E-state index contributed by atoms with van der Waals surface area (Å²) in [6, 6.07) is 10.6. The number of benzene rings is 1. The van der Waals surface area contributed by atoms with E-state index in [9.17, 15) is 4.79 Å². The van der Waals surface area contributed by atoms with Crippen LogP contribution in [0, 0.1) is 0 Å². The average Bonchev–Trinajstić information content (AvgIpc) is 2.56. The third kappa shape index (κ3) is 4.39. The SMILES string of the molecule is CCN=C([S-])C(C(=O)c1ccc(Br)cc1)[n+]1ccc(N(C)C)cc1. The largest absolute Gasteiger partial charge is 0.758 e. The van der Waals surface area contributed by atoms with E-state index in [1.165, 1.54) is 0 Å². The second-order valence-electron chi connectivity index (χ2n) is 5.48. The number of carbonyl (C=O) groups excluding carboxylic acids is 1. The number of anilines is 1. The van der Waals surface area contributed by atoms with Crippen LogP contribution in [0.2, 0.25) is 0 Å². The van der Waals surface area contributed by atoms with Crippen LogP contribution in [0.15, 0.2) is 58.3 Å². The van der Waals surface area contributed by atoms with E-state index in [1.54, 1.807) is 12.1 Å². The molecule has 0 spiro atoms. The highest BCUT2D eigenvalue weighted by Gasteiger charge is 2.28. The number of aromatic nitrogens is 1. The van der Waals surface area contributed by atoms with Crippen molar-refractivity contribution in [3.63, 3.8) is 0 Å². The fourth-order valence-electron chi connectivity index (χ4n) is 2.29. The van der Waals surface area contributed by atoms with Crippen LogP contribution in [-0.2, 0) is 12.6 Å². The van der Waals surface area contributed by atoms with Crippen LogP contribution in [0.5, 0.6) is 0 Å². The molecule has 0 N–H and O–H groups in total. The Morgan fingerprint density at radius 3 is 2.29 bits per heavy atom. The minimum absolute atomic E-state index is 0.0627. The molecule has 0 fully saturated rings. The molecular formula is C18H20BrN3OS. The Morgan fingerprint density at radius 1 is 1.21 bits per heavy atom. The van der Waals surface area contributed by atoms with Crippen molar-refractivity contribution in [1.82, 2.24) is 0 Å². The minimum atomic E-state index is -0.614. The third-order valence-corrected chi connectivity index (χ3v) is 4.46. The lowest BCUT2D eigenvalue weighted by Gasteiger charge is -2.19. The summed E-state index contributed by atoms with van der Waals surface area (Å²) in [4.78, 5) is 19.3. The molecule has 4 nitrogen and oxygen atoms in total. The molecule has 1 aromatic carbocycles. The predicted molar refractivity (Wildman–Crippen MR) is 104 cm³/mol. The number of carbonyl (C=O) groups is 1. The van der Waals surface area contributed by atoms with Gasteiger partial charge >= 0.3 is 0 Å². The zero-order valence-corrected chi connectivity index (χ0v) is 16.3. The topological polar surface area (TPSA) is 36.6 Å². The van der Waals surface area contributed by atoms with Crippen LogP contribution in [0.3, 0.4) is 0 Å². The fraction of sp³-hybridized carbons (Fsp3) is 0.278. The molecule has 1 atom stereocenters. The van der Waals surface area contributed by atoms with E-state index in [0.717, 1.165) is 10.2 Å². The molecule has 0 amide bonds. The van der Waals surface area contributed by atoms with E-state index in [2.05, 4.69) is 20.9 Å². The number of nitrogens with zero attached hydrogens (tertiary/aromatic N) is 3. The van der Waals surface area contributed by atoms with Gasteiger partial charge in [-0.25, -0.2) is 0 Å². The Balaban J connectivity index is 2.42. The van der Waals surface area contributed by atoms with E-state index in [0.29, 0.717) is 17.2 Å². The summed E-state index contributed by atoms with van der Waals surface area (Å²) in [7, 11) is 3.95. The van der Waals surface area contributed by atoms with E-state index >= 15 is 0 Å². The molecule has 2 aromatic rings. The lowest BCUT2D eigenvalue weighted by atomic mass is 10.0. The van der Waals surface area contributed by atoms with Crippen LogP contribution < -0.4 is 9.47 Å². The van der Waals surface area contributed by atoms with Crippen molar-refractivity contribution in [1.29, 1.82) is 0 Å². The van der Waals surface area contributed by atoms with Gasteiger partial charge in [-0.2, -0.15) is 4.57 Å². The van der Waals surface area contributed by atoms with E-state index < -0.39 is 6.04 Å². The standard InChI is InChI=1S/C18H20BrN3OS/c1-4-20-18(24)16(17(23)13-5-7-14(19)8-6-13)22-11-9-15(10-12-22)21(2)3/h5-12,16H,4H2,1-3H3. The molecule has 1 unspecified atom stereocenters. The van der Waals surface area contributed by atoms with Crippen molar-refractivity contribution in [3.8, 4) is 0 Å². The van der Waals surface area contributed by atoms with Crippen molar-refractivity contribution in [2.45, 2.75) is 13.0 Å². The van der Waals surface area contributed by atoms with Gasteiger partial charge in [0, 0.05) is 48.5 Å². The first kappa shape index (κ1) is 18.5. The first-order valence-corrected chi connectivity index (χ1v) is 8.83. The van der Waals surface area contributed by atoms with Gasteiger partial charge in [-0.3, -0.25) is 4.79 Å². The summed E-state index contributed by atoms with van der Waals surface area (Å²) in [5.74, 6) is -0.0627. The molecule has 1 aromatic heterocycles. The van der Waals surface area contributed by atoms with E-state index in [1.807, 2.05) is 67.1 Å². The van der Waals surface area contributed by atoms with Crippen molar-refractivity contribution in [2.75, 3.05) is 25.5 Å². The number of hydrogen-bond acceptors (Lipinski definition) is 4. The van der Waals surface area contributed by atoms with Crippen molar-refractivity contribution >= 4 is 45.1 Å². The van der Waals surface area contributed by atoms with Crippen LogP contribution in [0.1, 0.15) is 23.3 Å². The lowest BCUT2D eigenvalue weighted by molar-refractivity contribution is -0.691. The Kier molecular flexibility index (Phi) is 6.45. The molecule has 0 aliphatic carbocycles. The zero-order chi connectivity index (χ0) is 17.7. The highest BCUT2D eigenvalue weighted by atomic mass is 79.9. The quantitative estimate of drug-likeness (QED) is 0.243. The maximum atomic E-state index is 13.0. The second kappa shape index (κ2) is 8.35. The Hall–Kier alpha value is -1.79. The van der Waals surface area contributed by atoms with Gasteiger partial charge in [0.15, 0.2) is 12.4 Å². The Morgan fingerprint density at radius 2 is 1.79 bits per heavy atom. The number of Topliss-reactive ketones (excluding diaryl/α,β-unsaturated/α-hetero) is 1. The number of aliphatic imine (C=N–C) groups is 1. The molecule has 2 rings (SSSR count). The van der Waals surface area contributed by atoms with Crippen LogP contribution in [-0.4, -0.2) is 31.5 Å². The molecule has 1 heterocycles. The van der Waals surface area contributed by atoms with Gasteiger partial charge in [0.1, 0.15) is 0 Å². The highest BCUT2D eigenvalue weighted by molar-refractivity contribution is 9.10. The molecule has 0 saturated carbocycles. The second-order valence-corrected chi connectivity index (χ2v) is 6.82. The normalized spacial score (nSPS) is 12.8. The number of pyridine rings is 1. The molecule has 0 radical (unpaired) electrons. The van der Waals surface area contributed by atoms with Gasteiger partial charge in [-0.15, -0.1) is 0 Å². The summed E-state index contributed by atoms with van der Waals surface area (Å²) in [5, 5.41) is 0.396. The number of ketones is 1. The highest BCUT2D eigenvalue weighted by Crippen LogP contribution is 2.16. The number of rotatable bonds is 6. The molecular weight excluding hydrogens is 386 g/mol. The first-order valence-electron chi connectivity index (χ1n) is 7.63. The van der Waals surface area contributed by atoms with E-state index in [-0.39, 0.29) is 5.78 Å². The van der Waals surface area contributed by atoms with Gasteiger partial charge < -0.3 is 22.5 Å². The smallest absolute Gasteiger partial charge is 0.237 e. The molecule has 0 aliphatic rings. The maximum absolute atomic E-state index is 13.0. The monoisotopic (exact) mass is 405 g/mol. The number of hydrogen-bond donors (Lipinski definition) is 0. The molecule has 126 valence electrons. The third-order valence-electron chi connectivity index (χ3n) is 3.57. The van der Waals surface area contributed by atoms with Gasteiger partial charge in [0.25, 0.3) is 0 Å². The van der Waals surface area contributed by atoms with Crippen LogP contribution in [0.25, 0.3) is 0 Å². The molecule has 0 saturated heterocycles. The first-order chi connectivity index (χ1) is 11.4. The number of halogens is 1. The maximum Gasteiger partial charge on any atom is 0.237 e. The van der Waals surface area contributed by atoms with Crippen LogP contribution in [0.4, 0.5) is 5.69 Å². The summed E-state index contributed by atoms with van der Waals surface area (Å²) >= 11 is 8.80. The van der Waals surface area contributed by atoms with Crippen molar-refractivity contribution in [3.05, 3.63) is 58.8 Å². The summed E-state index contributed by atoms with van der Waals surface area (Å²) in [6.45, 7) is 2.46.